The number of halogens is 1. The van der Waals surface area contributed by atoms with Crippen LogP contribution in [0.15, 0.2) is 84.9 Å². The Labute approximate surface area is 171 Å². The van der Waals surface area contributed by atoms with E-state index in [1.54, 1.807) is 0 Å². The van der Waals surface area contributed by atoms with Gasteiger partial charge >= 0.3 is 5.97 Å². The molecule has 0 aliphatic rings. The van der Waals surface area contributed by atoms with Crippen LogP contribution in [-0.4, -0.2) is 17.1 Å². The number of hydrogen-bond acceptors (Lipinski definition) is 3. The standard InChI is InChI=1S/C23H23NO3.ClH/c25-23(26)22(24-16-19-7-3-1-4-8-19)15-18-11-13-21(14-12-18)27-17-20-9-5-2-6-10-20;/h1-14,22,24H,15-17H2,(H,25,26);1H/t22-;/m0./s1. The molecule has 0 amide bonds. The van der Waals surface area contributed by atoms with E-state index in [-0.39, 0.29) is 12.4 Å². The van der Waals surface area contributed by atoms with Gasteiger partial charge in [-0.05, 0) is 35.2 Å². The average Bonchev–Trinajstić information content (AvgIpc) is 2.72. The molecule has 0 aliphatic carbocycles. The van der Waals surface area contributed by atoms with Crippen LogP contribution < -0.4 is 10.1 Å². The molecule has 3 rings (SSSR count). The topological polar surface area (TPSA) is 58.6 Å². The van der Waals surface area contributed by atoms with Crippen molar-refractivity contribution in [2.75, 3.05) is 0 Å². The fourth-order valence-electron chi connectivity index (χ4n) is 2.78. The highest BCUT2D eigenvalue weighted by Gasteiger charge is 2.17. The fourth-order valence-corrected chi connectivity index (χ4v) is 2.78. The molecule has 0 saturated heterocycles. The monoisotopic (exact) mass is 397 g/mol. The predicted octanol–water partition coefficient (Wildman–Crippen LogP) is 4.47. The number of carbonyl (C=O) groups is 1. The Kier molecular flexibility index (Phi) is 8.53. The molecule has 2 N–H and O–H groups in total. The minimum absolute atomic E-state index is 0. The Bertz CT molecular complexity index is 839. The number of carboxylic acid groups (broad SMARTS) is 1. The first kappa shape index (κ1) is 21.5. The van der Waals surface area contributed by atoms with E-state index in [9.17, 15) is 9.90 Å². The number of nitrogens with one attached hydrogen (secondary N) is 1. The van der Waals surface area contributed by atoms with Gasteiger partial charge in [0.1, 0.15) is 18.4 Å². The first-order chi connectivity index (χ1) is 13.2. The van der Waals surface area contributed by atoms with Crippen LogP contribution in [0, 0.1) is 0 Å². The van der Waals surface area contributed by atoms with Crippen molar-refractivity contribution in [2.45, 2.75) is 25.6 Å². The number of carboxylic acids is 1. The lowest BCUT2D eigenvalue weighted by Gasteiger charge is -2.15. The maximum atomic E-state index is 11.6. The van der Waals surface area contributed by atoms with Crippen LogP contribution in [0.3, 0.4) is 0 Å². The van der Waals surface area contributed by atoms with Gasteiger partial charge in [0.2, 0.25) is 0 Å². The van der Waals surface area contributed by atoms with E-state index in [0.29, 0.717) is 19.6 Å². The maximum Gasteiger partial charge on any atom is 0.321 e. The van der Waals surface area contributed by atoms with Gasteiger partial charge in [-0.1, -0.05) is 72.8 Å². The van der Waals surface area contributed by atoms with Crippen molar-refractivity contribution in [2.24, 2.45) is 0 Å². The van der Waals surface area contributed by atoms with Gasteiger partial charge in [0.15, 0.2) is 0 Å². The zero-order chi connectivity index (χ0) is 18.9. The van der Waals surface area contributed by atoms with Crippen LogP contribution in [0.25, 0.3) is 0 Å². The zero-order valence-corrected chi connectivity index (χ0v) is 16.3. The van der Waals surface area contributed by atoms with Gasteiger partial charge in [0.05, 0.1) is 0 Å². The third kappa shape index (κ3) is 6.72. The Morgan fingerprint density at radius 1 is 0.821 bits per heavy atom. The number of rotatable bonds is 9. The van der Waals surface area contributed by atoms with Crippen molar-refractivity contribution in [3.05, 3.63) is 102 Å². The van der Waals surface area contributed by atoms with Crippen LogP contribution in [0.4, 0.5) is 0 Å². The predicted molar refractivity (Wildman–Crippen MR) is 113 cm³/mol. The van der Waals surface area contributed by atoms with Crippen molar-refractivity contribution < 1.29 is 14.6 Å². The lowest BCUT2D eigenvalue weighted by molar-refractivity contribution is -0.139. The molecule has 3 aromatic carbocycles. The first-order valence-corrected chi connectivity index (χ1v) is 8.96. The Hall–Kier alpha value is -2.82. The van der Waals surface area contributed by atoms with Gasteiger partial charge in [-0.25, -0.2) is 0 Å². The molecule has 4 nitrogen and oxygen atoms in total. The van der Waals surface area contributed by atoms with Crippen molar-refractivity contribution >= 4 is 18.4 Å². The molecule has 5 heteroatoms. The van der Waals surface area contributed by atoms with Crippen LogP contribution >= 0.6 is 12.4 Å². The molecule has 146 valence electrons. The molecule has 0 unspecified atom stereocenters. The van der Waals surface area contributed by atoms with E-state index in [0.717, 1.165) is 22.4 Å². The number of aliphatic carboxylic acids is 1. The summed E-state index contributed by atoms with van der Waals surface area (Å²) in [6.45, 7) is 1.03. The summed E-state index contributed by atoms with van der Waals surface area (Å²) in [5.74, 6) is -0.0814. The van der Waals surface area contributed by atoms with E-state index < -0.39 is 12.0 Å². The number of ether oxygens (including phenoxy) is 1. The molecule has 28 heavy (non-hydrogen) atoms. The van der Waals surface area contributed by atoms with Crippen LogP contribution in [-0.2, 0) is 24.4 Å². The lowest BCUT2D eigenvalue weighted by Crippen LogP contribution is -2.38. The van der Waals surface area contributed by atoms with Gasteiger partial charge in [-0.2, -0.15) is 0 Å². The second-order valence-electron chi connectivity index (χ2n) is 6.38. The van der Waals surface area contributed by atoms with E-state index in [1.807, 2.05) is 84.9 Å². The zero-order valence-electron chi connectivity index (χ0n) is 15.5. The summed E-state index contributed by atoms with van der Waals surface area (Å²) >= 11 is 0. The molecule has 0 spiro atoms. The van der Waals surface area contributed by atoms with E-state index in [1.165, 1.54) is 0 Å². The molecule has 0 bridgehead atoms. The van der Waals surface area contributed by atoms with Crippen LogP contribution in [0.5, 0.6) is 5.75 Å². The molecule has 0 aliphatic heterocycles. The third-order valence-corrected chi connectivity index (χ3v) is 4.31. The van der Waals surface area contributed by atoms with Gasteiger partial charge in [-0.15, -0.1) is 12.4 Å². The summed E-state index contributed by atoms with van der Waals surface area (Å²) in [5, 5.41) is 12.6. The largest absolute Gasteiger partial charge is 0.489 e. The second kappa shape index (κ2) is 11.1. The Balaban J connectivity index is 0.00000280. The van der Waals surface area contributed by atoms with Crippen molar-refractivity contribution in [1.29, 1.82) is 0 Å². The number of benzene rings is 3. The highest BCUT2D eigenvalue weighted by Crippen LogP contribution is 2.15. The molecule has 0 fully saturated rings. The minimum atomic E-state index is -0.852. The molecule has 0 heterocycles. The molecule has 0 saturated carbocycles. The van der Waals surface area contributed by atoms with E-state index in [2.05, 4.69) is 5.32 Å². The smallest absolute Gasteiger partial charge is 0.321 e. The summed E-state index contributed by atoms with van der Waals surface area (Å²) in [6, 6.07) is 26.7. The lowest BCUT2D eigenvalue weighted by atomic mass is 10.1. The Morgan fingerprint density at radius 3 is 1.96 bits per heavy atom. The number of hydrogen-bond donors (Lipinski definition) is 2. The molecule has 3 aromatic rings. The van der Waals surface area contributed by atoms with Crippen LogP contribution in [0.1, 0.15) is 16.7 Å². The maximum absolute atomic E-state index is 11.6. The SMILES string of the molecule is Cl.O=C(O)[C@H](Cc1ccc(OCc2ccccc2)cc1)NCc1ccccc1. The highest BCUT2D eigenvalue weighted by atomic mass is 35.5. The van der Waals surface area contributed by atoms with Gasteiger partial charge in [-0.3, -0.25) is 4.79 Å². The summed E-state index contributed by atoms with van der Waals surface area (Å²) in [7, 11) is 0. The van der Waals surface area contributed by atoms with Gasteiger partial charge in [0.25, 0.3) is 0 Å². The third-order valence-electron chi connectivity index (χ3n) is 4.31. The summed E-state index contributed by atoms with van der Waals surface area (Å²) in [4.78, 5) is 11.6. The normalized spacial score (nSPS) is 11.3. The van der Waals surface area contributed by atoms with E-state index >= 15 is 0 Å². The summed E-state index contributed by atoms with van der Waals surface area (Å²) < 4.78 is 5.77. The highest BCUT2D eigenvalue weighted by molar-refractivity contribution is 5.85. The van der Waals surface area contributed by atoms with E-state index in [4.69, 9.17) is 4.74 Å². The minimum Gasteiger partial charge on any atom is -0.489 e. The first-order valence-electron chi connectivity index (χ1n) is 8.96. The second-order valence-corrected chi connectivity index (χ2v) is 6.38. The van der Waals surface area contributed by atoms with Gasteiger partial charge in [0, 0.05) is 6.54 Å². The average molecular weight is 398 g/mol. The van der Waals surface area contributed by atoms with Gasteiger partial charge < -0.3 is 15.2 Å². The van der Waals surface area contributed by atoms with Crippen molar-refractivity contribution in [3.63, 3.8) is 0 Å². The Morgan fingerprint density at radius 2 is 1.39 bits per heavy atom. The molecule has 0 aromatic heterocycles. The van der Waals surface area contributed by atoms with Crippen LogP contribution in [0.2, 0.25) is 0 Å². The molecule has 0 radical (unpaired) electrons. The quantitative estimate of drug-likeness (QED) is 0.559. The summed E-state index contributed by atoms with van der Waals surface area (Å²) in [5.41, 5.74) is 3.13. The van der Waals surface area contributed by atoms with Crippen molar-refractivity contribution in [1.82, 2.24) is 5.32 Å². The fraction of sp³-hybridized carbons (Fsp3) is 0.174. The molecular weight excluding hydrogens is 374 g/mol. The van der Waals surface area contributed by atoms with Crippen molar-refractivity contribution in [3.8, 4) is 5.75 Å². The summed E-state index contributed by atoms with van der Waals surface area (Å²) in [6.07, 6.45) is 0.418. The molecular formula is C23H24ClNO3. The molecule has 1 atom stereocenters.